The molecule has 1 rings (SSSR count). The van der Waals surface area contributed by atoms with Crippen molar-refractivity contribution in [2.75, 3.05) is 6.61 Å². The van der Waals surface area contributed by atoms with E-state index in [0.29, 0.717) is 5.92 Å². The maximum Gasteiger partial charge on any atom is 0.0948 e. The van der Waals surface area contributed by atoms with E-state index in [4.69, 9.17) is 4.74 Å². The first kappa shape index (κ1) is 8.63. The zero-order valence-electron chi connectivity index (χ0n) is 7.76. The van der Waals surface area contributed by atoms with Crippen LogP contribution in [0.5, 0.6) is 0 Å². The molecule has 1 aliphatic rings. The summed E-state index contributed by atoms with van der Waals surface area (Å²) in [5, 5.41) is 0. The van der Waals surface area contributed by atoms with Gasteiger partial charge in [0.1, 0.15) is 0 Å². The second-order valence-corrected chi connectivity index (χ2v) is 3.52. The van der Waals surface area contributed by atoms with E-state index >= 15 is 0 Å². The molecule has 0 aromatic heterocycles. The molecule has 0 amide bonds. The molecule has 1 nitrogen and oxygen atoms in total. The molecule has 0 aliphatic heterocycles. The Balaban J connectivity index is 2.50. The van der Waals surface area contributed by atoms with Gasteiger partial charge in [0, 0.05) is 5.92 Å². The van der Waals surface area contributed by atoms with Crippen molar-refractivity contribution in [3.63, 3.8) is 0 Å². The van der Waals surface area contributed by atoms with Crippen LogP contribution in [-0.4, -0.2) is 6.61 Å². The van der Waals surface area contributed by atoms with Gasteiger partial charge >= 0.3 is 0 Å². The lowest BCUT2D eigenvalue weighted by Crippen LogP contribution is -2.13. The van der Waals surface area contributed by atoms with Gasteiger partial charge in [-0.2, -0.15) is 0 Å². The monoisotopic (exact) mass is 154 g/mol. The second kappa shape index (κ2) is 3.80. The van der Waals surface area contributed by atoms with Gasteiger partial charge in [0.15, 0.2) is 0 Å². The number of hydrogen-bond donors (Lipinski definition) is 0. The SMILES string of the molecule is CCOC1=CCC(C)CC1C. The van der Waals surface area contributed by atoms with Crippen molar-refractivity contribution in [2.24, 2.45) is 11.8 Å². The highest BCUT2D eigenvalue weighted by atomic mass is 16.5. The average molecular weight is 154 g/mol. The Kier molecular flexibility index (Phi) is 2.98. The smallest absolute Gasteiger partial charge is 0.0948 e. The standard InChI is InChI=1S/C10H18O/c1-4-11-10-6-5-8(2)7-9(10)3/h6,8-9H,4-5,7H2,1-3H3. The summed E-state index contributed by atoms with van der Waals surface area (Å²) in [7, 11) is 0. The van der Waals surface area contributed by atoms with Crippen LogP contribution >= 0.6 is 0 Å². The van der Waals surface area contributed by atoms with E-state index < -0.39 is 0 Å². The molecule has 0 aromatic carbocycles. The molecule has 0 spiro atoms. The Labute approximate surface area is 69.4 Å². The first-order valence-corrected chi connectivity index (χ1v) is 4.56. The van der Waals surface area contributed by atoms with E-state index in [0.717, 1.165) is 12.5 Å². The highest BCUT2D eigenvalue weighted by molar-refractivity contribution is 5.02. The third kappa shape index (κ3) is 2.25. The van der Waals surface area contributed by atoms with Gasteiger partial charge in [-0.25, -0.2) is 0 Å². The van der Waals surface area contributed by atoms with Crippen LogP contribution in [0.3, 0.4) is 0 Å². The van der Waals surface area contributed by atoms with Gasteiger partial charge in [-0.1, -0.05) is 13.8 Å². The minimum atomic E-state index is 0.638. The van der Waals surface area contributed by atoms with Crippen LogP contribution in [-0.2, 0) is 4.74 Å². The summed E-state index contributed by atoms with van der Waals surface area (Å²) >= 11 is 0. The fraction of sp³-hybridized carbons (Fsp3) is 0.800. The van der Waals surface area contributed by atoms with Gasteiger partial charge in [-0.15, -0.1) is 0 Å². The quantitative estimate of drug-likeness (QED) is 0.594. The maximum atomic E-state index is 5.50. The molecule has 0 bridgehead atoms. The molecule has 64 valence electrons. The molecule has 0 saturated heterocycles. The Morgan fingerprint density at radius 3 is 2.82 bits per heavy atom. The van der Waals surface area contributed by atoms with Crippen LogP contribution in [0.2, 0.25) is 0 Å². The minimum absolute atomic E-state index is 0.638. The summed E-state index contributed by atoms with van der Waals surface area (Å²) < 4.78 is 5.50. The Morgan fingerprint density at radius 2 is 2.27 bits per heavy atom. The third-order valence-electron chi connectivity index (χ3n) is 2.27. The molecule has 2 unspecified atom stereocenters. The number of rotatable bonds is 2. The first-order valence-electron chi connectivity index (χ1n) is 4.56. The first-order chi connectivity index (χ1) is 5.24. The van der Waals surface area contributed by atoms with Crippen molar-refractivity contribution < 1.29 is 4.74 Å². The molecule has 0 aromatic rings. The fourth-order valence-corrected chi connectivity index (χ4v) is 1.70. The summed E-state index contributed by atoms with van der Waals surface area (Å²) in [5.74, 6) is 2.69. The van der Waals surface area contributed by atoms with Crippen molar-refractivity contribution in [3.05, 3.63) is 11.8 Å². The number of allylic oxidation sites excluding steroid dienone is 2. The van der Waals surface area contributed by atoms with Crippen LogP contribution in [0.1, 0.15) is 33.6 Å². The summed E-state index contributed by atoms with van der Waals surface area (Å²) in [6.07, 6.45) is 4.73. The molecule has 11 heavy (non-hydrogen) atoms. The van der Waals surface area contributed by atoms with Crippen LogP contribution in [0, 0.1) is 11.8 Å². The van der Waals surface area contributed by atoms with E-state index in [1.807, 2.05) is 6.92 Å². The Morgan fingerprint density at radius 1 is 1.55 bits per heavy atom. The fourth-order valence-electron chi connectivity index (χ4n) is 1.70. The van der Waals surface area contributed by atoms with Gasteiger partial charge in [-0.3, -0.25) is 0 Å². The molecule has 0 fully saturated rings. The molecule has 0 N–H and O–H groups in total. The summed E-state index contributed by atoms with van der Waals surface area (Å²) in [4.78, 5) is 0. The molecule has 2 atom stereocenters. The van der Waals surface area contributed by atoms with Gasteiger partial charge in [0.05, 0.1) is 12.4 Å². The molecule has 1 heteroatoms. The molecule has 0 saturated carbocycles. The van der Waals surface area contributed by atoms with Gasteiger partial charge in [0.2, 0.25) is 0 Å². The third-order valence-corrected chi connectivity index (χ3v) is 2.27. The van der Waals surface area contributed by atoms with E-state index in [1.54, 1.807) is 0 Å². The van der Waals surface area contributed by atoms with Crippen molar-refractivity contribution in [2.45, 2.75) is 33.6 Å². The van der Waals surface area contributed by atoms with Crippen LogP contribution in [0.15, 0.2) is 11.8 Å². The van der Waals surface area contributed by atoms with Crippen LogP contribution in [0.4, 0.5) is 0 Å². The van der Waals surface area contributed by atoms with Crippen LogP contribution in [0.25, 0.3) is 0 Å². The topological polar surface area (TPSA) is 9.23 Å². The number of ether oxygens (including phenoxy) is 1. The maximum absolute atomic E-state index is 5.50. The largest absolute Gasteiger partial charge is 0.498 e. The summed E-state index contributed by atoms with van der Waals surface area (Å²) in [6.45, 7) is 7.41. The van der Waals surface area contributed by atoms with Crippen LogP contribution < -0.4 is 0 Å². The normalized spacial score (nSPS) is 31.4. The van der Waals surface area contributed by atoms with E-state index in [-0.39, 0.29) is 0 Å². The zero-order chi connectivity index (χ0) is 8.27. The zero-order valence-corrected chi connectivity index (χ0v) is 7.76. The molecule has 0 heterocycles. The molecule has 0 radical (unpaired) electrons. The lowest BCUT2D eigenvalue weighted by molar-refractivity contribution is 0.174. The second-order valence-electron chi connectivity index (χ2n) is 3.52. The lowest BCUT2D eigenvalue weighted by Gasteiger charge is -2.24. The molecular weight excluding hydrogens is 136 g/mol. The summed E-state index contributed by atoms with van der Waals surface area (Å²) in [6, 6.07) is 0. The van der Waals surface area contributed by atoms with Gasteiger partial charge < -0.3 is 4.74 Å². The molecule has 1 aliphatic carbocycles. The summed E-state index contributed by atoms with van der Waals surface area (Å²) in [5.41, 5.74) is 0. The predicted octanol–water partition coefficient (Wildman–Crippen LogP) is 2.97. The Bertz CT molecular complexity index is 149. The minimum Gasteiger partial charge on any atom is -0.498 e. The Hall–Kier alpha value is -0.460. The van der Waals surface area contributed by atoms with Crippen molar-refractivity contribution in [1.29, 1.82) is 0 Å². The van der Waals surface area contributed by atoms with Crippen molar-refractivity contribution in [1.82, 2.24) is 0 Å². The highest BCUT2D eigenvalue weighted by Crippen LogP contribution is 2.28. The van der Waals surface area contributed by atoms with Crippen molar-refractivity contribution in [3.8, 4) is 0 Å². The van der Waals surface area contributed by atoms with E-state index in [1.165, 1.54) is 18.6 Å². The highest BCUT2D eigenvalue weighted by Gasteiger charge is 2.18. The van der Waals surface area contributed by atoms with Gasteiger partial charge in [0.25, 0.3) is 0 Å². The van der Waals surface area contributed by atoms with Crippen molar-refractivity contribution >= 4 is 0 Å². The lowest BCUT2D eigenvalue weighted by atomic mass is 9.88. The van der Waals surface area contributed by atoms with E-state index in [9.17, 15) is 0 Å². The average Bonchev–Trinajstić information content (AvgIpc) is 1.95. The predicted molar refractivity (Wildman–Crippen MR) is 47.3 cm³/mol. The van der Waals surface area contributed by atoms with Gasteiger partial charge in [-0.05, 0) is 31.8 Å². The molecular formula is C10H18O. The number of hydrogen-bond acceptors (Lipinski definition) is 1. The van der Waals surface area contributed by atoms with E-state index in [2.05, 4.69) is 19.9 Å².